The van der Waals surface area contributed by atoms with Crippen LogP contribution >= 0.6 is 0 Å². The first-order valence-electron chi connectivity index (χ1n) is 10.1. The molecule has 1 heterocycles. The average molecular weight is 396 g/mol. The van der Waals surface area contributed by atoms with Crippen molar-refractivity contribution in [3.05, 3.63) is 54.1 Å². The van der Waals surface area contributed by atoms with Gasteiger partial charge in [0.25, 0.3) is 0 Å². The van der Waals surface area contributed by atoms with Crippen LogP contribution in [0.1, 0.15) is 25.3 Å². The van der Waals surface area contributed by atoms with E-state index < -0.39 is 11.8 Å². The maximum Gasteiger partial charge on any atom is 0.313 e. The number of benzene rings is 2. The zero-order chi connectivity index (χ0) is 20.6. The van der Waals surface area contributed by atoms with E-state index in [9.17, 15) is 9.59 Å². The second-order valence-electron chi connectivity index (χ2n) is 7.53. The Morgan fingerprint density at radius 1 is 1.07 bits per heavy atom. The number of hydrogen-bond acceptors (Lipinski definition) is 4. The number of carbonyl (C=O) groups excluding carboxylic acids is 2. The maximum atomic E-state index is 12.1. The van der Waals surface area contributed by atoms with E-state index in [0.29, 0.717) is 18.7 Å². The summed E-state index contributed by atoms with van der Waals surface area (Å²) < 4.78 is 5.18. The van der Waals surface area contributed by atoms with Crippen molar-refractivity contribution in [2.75, 3.05) is 37.0 Å². The Morgan fingerprint density at radius 2 is 1.79 bits per heavy atom. The number of nitrogens with zero attached hydrogens (tertiary/aromatic N) is 1. The van der Waals surface area contributed by atoms with Gasteiger partial charge in [0.1, 0.15) is 5.75 Å². The van der Waals surface area contributed by atoms with E-state index in [0.717, 1.165) is 36.0 Å². The molecule has 0 atom stereocenters. The second-order valence-corrected chi connectivity index (χ2v) is 7.53. The van der Waals surface area contributed by atoms with Crippen molar-refractivity contribution in [1.29, 1.82) is 0 Å². The van der Waals surface area contributed by atoms with Crippen molar-refractivity contribution < 1.29 is 14.3 Å². The molecule has 0 spiro atoms. The number of nitrogens with one attached hydrogen (secondary N) is 2. The number of carbonyl (C=O) groups is 2. The number of hydrogen-bond donors (Lipinski definition) is 2. The fourth-order valence-corrected chi connectivity index (χ4v) is 3.44. The van der Waals surface area contributed by atoms with Gasteiger partial charge in [-0.2, -0.15) is 0 Å². The largest absolute Gasteiger partial charge is 0.497 e. The molecule has 0 aliphatic carbocycles. The fourth-order valence-electron chi connectivity index (χ4n) is 3.44. The van der Waals surface area contributed by atoms with Crippen LogP contribution in [0.25, 0.3) is 0 Å². The molecule has 0 unspecified atom stereocenters. The van der Waals surface area contributed by atoms with E-state index in [1.807, 2.05) is 48.5 Å². The van der Waals surface area contributed by atoms with Crippen molar-refractivity contribution in [1.82, 2.24) is 5.32 Å². The first-order chi connectivity index (χ1) is 14.0. The lowest BCUT2D eigenvalue weighted by Gasteiger charge is -2.32. The molecular weight excluding hydrogens is 366 g/mol. The molecule has 6 heteroatoms. The fraction of sp³-hybridized carbons (Fsp3) is 0.391. The van der Waals surface area contributed by atoms with Crippen LogP contribution in [0.4, 0.5) is 11.4 Å². The zero-order valence-electron chi connectivity index (χ0n) is 17.1. The predicted octanol–water partition coefficient (Wildman–Crippen LogP) is 3.23. The molecule has 2 aromatic carbocycles. The van der Waals surface area contributed by atoms with Crippen molar-refractivity contribution in [2.24, 2.45) is 5.92 Å². The summed E-state index contributed by atoms with van der Waals surface area (Å²) in [5.74, 6) is 0.263. The van der Waals surface area contributed by atoms with Crippen LogP contribution in [0.3, 0.4) is 0 Å². The van der Waals surface area contributed by atoms with E-state index in [4.69, 9.17) is 4.74 Å². The van der Waals surface area contributed by atoms with Gasteiger partial charge in [0, 0.05) is 31.0 Å². The predicted molar refractivity (Wildman–Crippen MR) is 115 cm³/mol. The van der Waals surface area contributed by atoms with Crippen LogP contribution in [-0.4, -0.2) is 38.6 Å². The van der Waals surface area contributed by atoms with Gasteiger partial charge in [0.15, 0.2) is 0 Å². The minimum atomic E-state index is -0.657. The number of ether oxygens (including phenoxy) is 1. The normalized spacial score (nSPS) is 14.3. The maximum absolute atomic E-state index is 12.1. The average Bonchev–Trinajstić information content (AvgIpc) is 2.75. The van der Waals surface area contributed by atoms with Crippen molar-refractivity contribution in [2.45, 2.75) is 26.2 Å². The summed E-state index contributed by atoms with van der Waals surface area (Å²) in [6.45, 7) is 4.79. The van der Waals surface area contributed by atoms with Gasteiger partial charge >= 0.3 is 11.8 Å². The lowest BCUT2D eigenvalue weighted by Crippen LogP contribution is -2.36. The van der Waals surface area contributed by atoms with Gasteiger partial charge in [0.2, 0.25) is 0 Å². The second kappa shape index (κ2) is 9.96. The third-order valence-corrected chi connectivity index (χ3v) is 5.31. The van der Waals surface area contributed by atoms with Gasteiger partial charge in [0.05, 0.1) is 7.11 Å². The van der Waals surface area contributed by atoms with Crippen LogP contribution in [0, 0.1) is 5.92 Å². The molecule has 2 amide bonds. The molecule has 1 aliphatic rings. The van der Waals surface area contributed by atoms with Gasteiger partial charge in [-0.1, -0.05) is 19.1 Å². The Morgan fingerprint density at radius 3 is 2.48 bits per heavy atom. The molecule has 0 aromatic heterocycles. The molecule has 1 saturated heterocycles. The first-order valence-corrected chi connectivity index (χ1v) is 10.1. The SMILES string of the molecule is COc1cccc(CCNC(=O)C(=O)Nc2ccc(N3CCC(C)CC3)cc2)c1. The molecule has 154 valence electrons. The van der Waals surface area contributed by atoms with Gasteiger partial charge in [-0.25, -0.2) is 0 Å². The molecule has 2 aromatic rings. The quantitative estimate of drug-likeness (QED) is 0.737. The smallest absolute Gasteiger partial charge is 0.313 e. The Bertz CT molecular complexity index is 828. The van der Waals surface area contributed by atoms with Gasteiger partial charge in [-0.05, 0) is 67.1 Å². The molecule has 0 radical (unpaired) electrons. The van der Waals surface area contributed by atoms with E-state index in [2.05, 4.69) is 22.5 Å². The van der Waals surface area contributed by atoms with Crippen LogP contribution in [0.5, 0.6) is 5.75 Å². The highest BCUT2D eigenvalue weighted by atomic mass is 16.5. The summed E-state index contributed by atoms with van der Waals surface area (Å²) in [5.41, 5.74) is 2.80. The van der Waals surface area contributed by atoms with E-state index >= 15 is 0 Å². The van der Waals surface area contributed by atoms with E-state index in [1.54, 1.807) is 7.11 Å². The summed E-state index contributed by atoms with van der Waals surface area (Å²) in [6.07, 6.45) is 3.03. The zero-order valence-corrected chi connectivity index (χ0v) is 17.1. The van der Waals surface area contributed by atoms with Crippen LogP contribution < -0.4 is 20.3 Å². The molecule has 6 nitrogen and oxygen atoms in total. The van der Waals surface area contributed by atoms with Gasteiger partial charge in [-0.3, -0.25) is 9.59 Å². The Balaban J connectivity index is 1.44. The summed E-state index contributed by atoms with van der Waals surface area (Å²) in [6, 6.07) is 15.3. The minimum absolute atomic E-state index is 0.381. The van der Waals surface area contributed by atoms with E-state index in [-0.39, 0.29) is 0 Å². The minimum Gasteiger partial charge on any atom is -0.497 e. The Kier molecular flexibility index (Phi) is 7.11. The molecule has 1 aliphatic heterocycles. The summed E-state index contributed by atoms with van der Waals surface area (Å²) in [7, 11) is 1.62. The van der Waals surface area contributed by atoms with Crippen molar-refractivity contribution in [3.63, 3.8) is 0 Å². The van der Waals surface area contributed by atoms with Crippen molar-refractivity contribution >= 4 is 23.2 Å². The number of amides is 2. The summed E-state index contributed by atoms with van der Waals surface area (Å²) >= 11 is 0. The number of methoxy groups -OCH3 is 1. The third-order valence-electron chi connectivity index (χ3n) is 5.31. The van der Waals surface area contributed by atoms with E-state index in [1.165, 1.54) is 12.8 Å². The van der Waals surface area contributed by atoms with Gasteiger partial charge < -0.3 is 20.3 Å². The monoisotopic (exact) mass is 395 g/mol. The molecule has 0 saturated carbocycles. The van der Waals surface area contributed by atoms with Gasteiger partial charge in [-0.15, -0.1) is 0 Å². The molecule has 2 N–H and O–H groups in total. The number of anilines is 2. The van der Waals surface area contributed by atoms with Crippen molar-refractivity contribution in [3.8, 4) is 5.75 Å². The molecule has 29 heavy (non-hydrogen) atoms. The first kappa shape index (κ1) is 20.7. The highest BCUT2D eigenvalue weighted by molar-refractivity contribution is 6.39. The highest BCUT2D eigenvalue weighted by Crippen LogP contribution is 2.24. The molecule has 3 rings (SSSR count). The lowest BCUT2D eigenvalue weighted by molar-refractivity contribution is -0.136. The Labute approximate surface area is 172 Å². The third kappa shape index (κ3) is 5.98. The standard InChI is InChI=1S/C23H29N3O3/c1-17-11-14-26(15-12-17)20-8-6-19(7-9-20)25-23(28)22(27)24-13-10-18-4-3-5-21(16-18)29-2/h3-9,16-17H,10-15H2,1-2H3,(H,24,27)(H,25,28). The highest BCUT2D eigenvalue weighted by Gasteiger charge is 2.17. The number of piperidine rings is 1. The summed E-state index contributed by atoms with van der Waals surface area (Å²) in [5, 5.41) is 5.31. The topological polar surface area (TPSA) is 70.7 Å². The van der Waals surface area contributed by atoms with Crippen LogP contribution in [0.15, 0.2) is 48.5 Å². The Hall–Kier alpha value is -3.02. The molecule has 1 fully saturated rings. The lowest BCUT2D eigenvalue weighted by atomic mass is 9.99. The molecule has 0 bridgehead atoms. The van der Waals surface area contributed by atoms with Crippen LogP contribution in [-0.2, 0) is 16.0 Å². The van der Waals surface area contributed by atoms with Crippen LogP contribution in [0.2, 0.25) is 0 Å². The summed E-state index contributed by atoms with van der Waals surface area (Å²) in [4.78, 5) is 26.5. The number of rotatable bonds is 6. The molecular formula is C23H29N3O3.